The van der Waals surface area contributed by atoms with E-state index in [-0.39, 0.29) is 19.8 Å². The number of aliphatic hydroxyl groups is 1. The standard InChI is InChI=1S/C29H36O6/c1-4-17-31-25-24(30)26(32-18-5-2)28(34-20-22-13-9-7-10-14-22)29(27(25)33-19-6-3)35-21-23-15-11-8-12-16-23/h4-16,24-30H,1-3,17-21H2/t24-,25+,26-,27-,28+,29+/m0/s1. The van der Waals surface area contributed by atoms with Gasteiger partial charge < -0.3 is 28.8 Å². The molecule has 35 heavy (non-hydrogen) atoms. The lowest BCUT2D eigenvalue weighted by Crippen LogP contribution is -2.67. The van der Waals surface area contributed by atoms with E-state index >= 15 is 0 Å². The molecule has 1 aliphatic rings. The van der Waals surface area contributed by atoms with E-state index in [9.17, 15) is 5.11 Å². The Labute approximate surface area is 208 Å². The minimum absolute atomic E-state index is 0.241. The van der Waals surface area contributed by atoms with Crippen molar-refractivity contribution in [2.45, 2.75) is 49.8 Å². The van der Waals surface area contributed by atoms with Crippen molar-refractivity contribution < 1.29 is 28.8 Å². The minimum Gasteiger partial charge on any atom is -0.387 e. The molecule has 0 saturated heterocycles. The van der Waals surface area contributed by atoms with Crippen molar-refractivity contribution in [3.05, 3.63) is 110 Å². The number of hydrogen-bond donors (Lipinski definition) is 1. The average molecular weight is 481 g/mol. The van der Waals surface area contributed by atoms with Gasteiger partial charge in [-0.2, -0.15) is 0 Å². The van der Waals surface area contributed by atoms with Crippen LogP contribution in [0.5, 0.6) is 0 Å². The van der Waals surface area contributed by atoms with Crippen molar-refractivity contribution in [2.75, 3.05) is 19.8 Å². The van der Waals surface area contributed by atoms with E-state index < -0.39 is 36.6 Å². The molecular formula is C29H36O6. The summed E-state index contributed by atoms with van der Waals surface area (Å²) in [5.41, 5.74) is 2.01. The predicted molar refractivity (Wildman–Crippen MR) is 136 cm³/mol. The monoisotopic (exact) mass is 480 g/mol. The van der Waals surface area contributed by atoms with Crippen LogP contribution in [-0.2, 0) is 36.9 Å². The Morgan fingerprint density at radius 1 is 0.543 bits per heavy atom. The molecule has 0 unspecified atom stereocenters. The Bertz CT molecular complexity index is 887. The van der Waals surface area contributed by atoms with Crippen molar-refractivity contribution in [1.29, 1.82) is 0 Å². The summed E-state index contributed by atoms with van der Waals surface area (Å²) in [7, 11) is 0. The maximum Gasteiger partial charge on any atom is 0.116 e. The van der Waals surface area contributed by atoms with E-state index in [2.05, 4.69) is 19.7 Å². The van der Waals surface area contributed by atoms with Crippen molar-refractivity contribution in [2.24, 2.45) is 0 Å². The number of aliphatic hydroxyl groups excluding tert-OH is 1. The van der Waals surface area contributed by atoms with E-state index in [4.69, 9.17) is 23.7 Å². The van der Waals surface area contributed by atoms with E-state index in [0.29, 0.717) is 13.2 Å². The third-order valence-corrected chi connectivity index (χ3v) is 5.76. The second-order valence-corrected chi connectivity index (χ2v) is 8.27. The smallest absolute Gasteiger partial charge is 0.116 e. The molecule has 2 aromatic carbocycles. The SMILES string of the molecule is C=CCO[C@@H]1[C@@H](OCc2ccccc2)[C@H](OCc2ccccc2)[C@@H](OCC=C)[C@@H](O)[C@H]1OCC=C. The summed E-state index contributed by atoms with van der Waals surface area (Å²) in [4.78, 5) is 0. The van der Waals surface area contributed by atoms with Gasteiger partial charge in [-0.25, -0.2) is 0 Å². The van der Waals surface area contributed by atoms with Crippen LogP contribution in [0.15, 0.2) is 98.6 Å². The largest absolute Gasteiger partial charge is 0.387 e. The molecule has 0 aromatic heterocycles. The summed E-state index contributed by atoms with van der Waals surface area (Å²) in [5, 5.41) is 11.4. The average Bonchev–Trinajstić information content (AvgIpc) is 2.90. The molecule has 3 rings (SSSR count). The highest BCUT2D eigenvalue weighted by Crippen LogP contribution is 2.33. The molecule has 1 N–H and O–H groups in total. The highest BCUT2D eigenvalue weighted by Gasteiger charge is 2.53. The Morgan fingerprint density at radius 2 is 0.886 bits per heavy atom. The molecule has 6 nitrogen and oxygen atoms in total. The lowest BCUT2D eigenvalue weighted by atomic mass is 9.83. The van der Waals surface area contributed by atoms with Gasteiger partial charge in [-0.1, -0.05) is 78.9 Å². The van der Waals surface area contributed by atoms with E-state index in [1.54, 1.807) is 18.2 Å². The van der Waals surface area contributed by atoms with Gasteiger partial charge in [-0.05, 0) is 11.1 Å². The van der Waals surface area contributed by atoms with Crippen LogP contribution in [0.3, 0.4) is 0 Å². The molecular weight excluding hydrogens is 444 g/mol. The maximum atomic E-state index is 11.4. The van der Waals surface area contributed by atoms with E-state index in [0.717, 1.165) is 11.1 Å². The van der Waals surface area contributed by atoms with Crippen LogP contribution in [0.1, 0.15) is 11.1 Å². The van der Waals surface area contributed by atoms with Crippen molar-refractivity contribution in [3.63, 3.8) is 0 Å². The molecule has 188 valence electrons. The summed E-state index contributed by atoms with van der Waals surface area (Å²) in [6.07, 6.45) is 0.606. The summed E-state index contributed by atoms with van der Waals surface area (Å²) in [6, 6.07) is 19.7. The van der Waals surface area contributed by atoms with Crippen LogP contribution in [0, 0.1) is 0 Å². The van der Waals surface area contributed by atoms with Gasteiger partial charge in [-0.15, -0.1) is 19.7 Å². The highest BCUT2D eigenvalue weighted by atomic mass is 16.6. The maximum absolute atomic E-state index is 11.4. The Morgan fingerprint density at radius 3 is 1.29 bits per heavy atom. The fourth-order valence-corrected chi connectivity index (χ4v) is 4.16. The molecule has 0 amide bonds. The topological polar surface area (TPSA) is 66.4 Å². The van der Waals surface area contributed by atoms with Crippen molar-refractivity contribution in [3.8, 4) is 0 Å². The first-order valence-electron chi connectivity index (χ1n) is 11.9. The number of benzene rings is 2. The van der Waals surface area contributed by atoms with E-state index in [1.807, 2.05) is 60.7 Å². The molecule has 0 spiro atoms. The van der Waals surface area contributed by atoms with Crippen LogP contribution >= 0.6 is 0 Å². The normalized spacial score (nSPS) is 26.2. The molecule has 6 heteroatoms. The first-order valence-corrected chi connectivity index (χ1v) is 11.9. The first kappa shape index (κ1) is 27.0. The Balaban J connectivity index is 1.93. The molecule has 0 radical (unpaired) electrons. The highest BCUT2D eigenvalue weighted by molar-refractivity contribution is 5.15. The van der Waals surface area contributed by atoms with Gasteiger partial charge in [0, 0.05) is 0 Å². The Hall–Kier alpha value is -2.58. The van der Waals surface area contributed by atoms with Crippen molar-refractivity contribution in [1.82, 2.24) is 0 Å². The van der Waals surface area contributed by atoms with Gasteiger partial charge in [0.2, 0.25) is 0 Å². The van der Waals surface area contributed by atoms with Crippen molar-refractivity contribution >= 4 is 0 Å². The molecule has 0 heterocycles. The molecule has 1 fully saturated rings. The fraction of sp³-hybridized carbons (Fsp3) is 0.379. The van der Waals surface area contributed by atoms with Gasteiger partial charge in [-0.3, -0.25) is 0 Å². The first-order chi connectivity index (χ1) is 17.2. The minimum atomic E-state index is -1.03. The van der Waals surface area contributed by atoms with Crippen LogP contribution in [0.4, 0.5) is 0 Å². The van der Waals surface area contributed by atoms with Crippen LogP contribution in [0.25, 0.3) is 0 Å². The predicted octanol–water partition coefficient (Wildman–Crippen LogP) is 4.25. The van der Waals surface area contributed by atoms with Gasteiger partial charge >= 0.3 is 0 Å². The fourth-order valence-electron chi connectivity index (χ4n) is 4.16. The zero-order valence-electron chi connectivity index (χ0n) is 20.1. The Kier molecular flexibility index (Phi) is 11.4. The lowest BCUT2D eigenvalue weighted by molar-refractivity contribution is -0.273. The van der Waals surface area contributed by atoms with Gasteiger partial charge in [0.05, 0.1) is 33.0 Å². The van der Waals surface area contributed by atoms with E-state index in [1.165, 1.54) is 0 Å². The molecule has 2 aromatic rings. The quantitative estimate of drug-likeness (QED) is 0.385. The second-order valence-electron chi connectivity index (χ2n) is 8.27. The third kappa shape index (κ3) is 7.70. The van der Waals surface area contributed by atoms with Gasteiger partial charge in [0.25, 0.3) is 0 Å². The summed E-state index contributed by atoms with van der Waals surface area (Å²) >= 11 is 0. The molecule has 1 saturated carbocycles. The summed E-state index contributed by atoms with van der Waals surface area (Å²) in [6.45, 7) is 12.7. The number of hydrogen-bond acceptors (Lipinski definition) is 6. The number of ether oxygens (including phenoxy) is 5. The third-order valence-electron chi connectivity index (χ3n) is 5.76. The number of rotatable bonds is 15. The molecule has 1 aliphatic carbocycles. The zero-order valence-corrected chi connectivity index (χ0v) is 20.1. The second kappa shape index (κ2) is 14.7. The van der Waals surface area contributed by atoms with Gasteiger partial charge in [0.1, 0.15) is 36.6 Å². The van der Waals surface area contributed by atoms with Gasteiger partial charge in [0.15, 0.2) is 0 Å². The van der Waals surface area contributed by atoms with Crippen LogP contribution < -0.4 is 0 Å². The molecule has 0 aliphatic heterocycles. The summed E-state index contributed by atoms with van der Waals surface area (Å²) < 4.78 is 31.0. The van der Waals surface area contributed by atoms with Crippen LogP contribution in [0.2, 0.25) is 0 Å². The van der Waals surface area contributed by atoms with Crippen LogP contribution in [-0.4, -0.2) is 61.6 Å². The molecule has 6 atom stereocenters. The lowest BCUT2D eigenvalue weighted by Gasteiger charge is -2.48. The molecule has 0 bridgehead atoms. The zero-order chi connectivity index (χ0) is 24.9. The summed E-state index contributed by atoms with van der Waals surface area (Å²) in [5.74, 6) is 0.